The minimum atomic E-state index is -0.264. The number of hydrogen-bond acceptors (Lipinski definition) is 4. The highest BCUT2D eigenvalue weighted by Crippen LogP contribution is 2.33. The van der Waals surface area contributed by atoms with Crippen molar-refractivity contribution >= 4 is 44.8 Å². The van der Waals surface area contributed by atoms with E-state index in [1.54, 1.807) is 6.08 Å². The number of rotatable bonds is 2. The van der Waals surface area contributed by atoms with E-state index < -0.39 is 0 Å². The van der Waals surface area contributed by atoms with Crippen LogP contribution in [0.15, 0.2) is 38.1 Å². The van der Waals surface area contributed by atoms with E-state index in [1.807, 2.05) is 12.1 Å². The molecule has 0 saturated carbocycles. The topological polar surface area (TPSA) is 66.1 Å². The lowest BCUT2D eigenvalue weighted by Crippen LogP contribution is -2.18. The van der Waals surface area contributed by atoms with Gasteiger partial charge in [-0.3, -0.25) is 10.2 Å². The third-order valence-electron chi connectivity index (χ3n) is 3.41. The van der Waals surface area contributed by atoms with Crippen LogP contribution in [0.1, 0.15) is 16.9 Å². The molecule has 0 spiro atoms. The van der Waals surface area contributed by atoms with Gasteiger partial charge in [-0.2, -0.15) is 0 Å². The Morgan fingerprint density at radius 3 is 2.68 bits per heavy atom. The minimum Gasteiger partial charge on any atom is -0.457 e. The van der Waals surface area contributed by atoms with E-state index in [0.717, 1.165) is 27.6 Å². The van der Waals surface area contributed by atoms with Gasteiger partial charge >= 0.3 is 0 Å². The zero-order valence-corrected chi connectivity index (χ0v) is 14.4. The molecule has 4 nitrogen and oxygen atoms in total. The molecule has 2 heterocycles. The van der Waals surface area contributed by atoms with Gasteiger partial charge in [-0.05, 0) is 61.0 Å². The normalized spacial score (nSPS) is 16.4. The van der Waals surface area contributed by atoms with Crippen LogP contribution >= 0.6 is 27.7 Å². The smallest absolute Gasteiger partial charge is 0.264 e. The van der Waals surface area contributed by atoms with Gasteiger partial charge in [-0.25, -0.2) is 0 Å². The lowest BCUT2D eigenvalue weighted by atomic mass is 10.1. The molecule has 1 aromatic carbocycles. The van der Waals surface area contributed by atoms with Gasteiger partial charge in [-0.15, -0.1) is 0 Å². The SMILES string of the molecule is Cc1cc(Br)c(-c2ccc(C=C3SC(=N)NC3=O)o2)cc1C. The third-order valence-corrected chi connectivity index (χ3v) is 4.90. The zero-order valence-electron chi connectivity index (χ0n) is 12.0. The van der Waals surface area contributed by atoms with Crippen LogP contribution in [-0.2, 0) is 4.79 Å². The van der Waals surface area contributed by atoms with Crippen molar-refractivity contribution in [2.75, 3.05) is 0 Å². The summed E-state index contributed by atoms with van der Waals surface area (Å²) in [5.74, 6) is 1.06. The summed E-state index contributed by atoms with van der Waals surface area (Å²) in [6.07, 6.45) is 1.65. The number of carbonyl (C=O) groups excluding carboxylic acids is 1. The molecule has 1 aliphatic rings. The molecule has 1 aliphatic heterocycles. The Morgan fingerprint density at radius 1 is 1.27 bits per heavy atom. The number of hydrogen-bond donors (Lipinski definition) is 2. The Morgan fingerprint density at radius 2 is 2.00 bits per heavy atom. The van der Waals surface area contributed by atoms with E-state index in [2.05, 4.69) is 47.2 Å². The third kappa shape index (κ3) is 2.89. The fraction of sp³-hybridized carbons (Fsp3) is 0.125. The maximum absolute atomic E-state index is 11.6. The van der Waals surface area contributed by atoms with Crippen molar-refractivity contribution in [2.24, 2.45) is 0 Å². The molecule has 1 amide bonds. The number of benzene rings is 1. The van der Waals surface area contributed by atoms with Crippen LogP contribution in [-0.4, -0.2) is 11.1 Å². The standard InChI is InChI=1S/C16H13BrN2O2S/c1-8-5-11(12(17)6-9(8)2)13-4-3-10(21-13)7-14-15(20)19-16(18)22-14/h3-7H,1-2H3,(H2,18,19,20). The summed E-state index contributed by atoms with van der Waals surface area (Å²) in [6, 6.07) is 7.83. The predicted molar refractivity (Wildman–Crippen MR) is 92.8 cm³/mol. The zero-order chi connectivity index (χ0) is 15.9. The summed E-state index contributed by atoms with van der Waals surface area (Å²) >= 11 is 4.66. The summed E-state index contributed by atoms with van der Waals surface area (Å²) in [5, 5.41) is 10.0. The van der Waals surface area contributed by atoms with E-state index in [1.165, 1.54) is 11.1 Å². The number of carbonyl (C=O) groups is 1. The molecular formula is C16H13BrN2O2S. The van der Waals surface area contributed by atoms with E-state index in [-0.39, 0.29) is 11.1 Å². The van der Waals surface area contributed by atoms with Gasteiger partial charge in [0.05, 0.1) is 4.91 Å². The van der Waals surface area contributed by atoms with Crippen molar-refractivity contribution in [2.45, 2.75) is 13.8 Å². The fourth-order valence-corrected chi connectivity index (χ4v) is 3.45. The summed E-state index contributed by atoms with van der Waals surface area (Å²) in [4.78, 5) is 12.1. The maximum Gasteiger partial charge on any atom is 0.264 e. The second kappa shape index (κ2) is 5.78. The van der Waals surface area contributed by atoms with Crippen LogP contribution in [0.25, 0.3) is 17.4 Å². The lowest BCUT2D eigenvalue weighted by Gasteiger charge is -2.06. The van der Waals surface area contributed by atoms with E-state index in [9.17, 15) is 4.79 Å². The first-order chi connectivity index (χ1) is 10.4. The molecule has 112 valence electrons. The number of amidine groups is 1. The summed E-state index contributed by atoms with van der Waals surface area (Å²) in [5.41, 5.74) is 3.37. The maximum atomic E-state index is 11.6. The van der Waals surface area contributed by atoms with Crippen molar-refractivity contribution in [3.05, 3.63) is 50.5 Å². The van der Waals surface area contributed by atoms with Crippen molar-refractivity contribution in [3.63, 3.8) is 0 Å². The molecule has 1 saturated heterocycles. The van der Waals surface area contributed by atoms with E-state index >= 15 is 0 Å². The van der Waals surface area contributed by atoms with Gasteiger partial charge < -0.3 is 9.73 Å². The summed E-state index contributed by atoms with van der Waals surface area (Å²) < 4.78 is 6.79. The molecule has 6 heteroatoms. The highest BCUT2D eigenvalue weighted by atomic mass is 79.9. The lowest BCUT2D eigenvalue weighted by molar-refractivity contribution is -0.115. The van der Waals surface area contributed by atoms with Gasteiger partial charge in [0, 0.05) is 16.1 Å². The average Bonchev–Trinajstić information content (AvgIpc) is 3.02. The molecule has 0 atom stereocenters. The van der Waals surface area contributed by atoms with E-state index in [0.29, 0.717) is 10.7 Å². The monoisotopic (exact) mass is 376 g/mol. The fourth-order valence-electron chi connectivity index (χ4n) is 2.12. The van der Waals surface area contributed by atoms with Gasteiger partial charge in [0.15, 0.2) is 5.17 Å². The molecular weight excluding hydrogens is 364 g/mol. The van der Waals surface area contributed by atoms with E-state index in [4.69, 9.17) is 9.83 Å². The van der Waals surface area contributed by atoms with Crippen LogP contribution in [0.3, 0.4) is 0 Å². The largest absolute Gasteiger partial charge is 0.457 e. The summed E-state index contributed by atoms with van der Waals surface area (Å²) in [6.45, 7) is 4.12. The van der Waals surface area contributed by atoms with Gasteiger partial charge in [0.2, 0.25) is 0 Å². The van der Waals surface area contributed by atoms with Crippen molar-refractivity contribution in [3.8, 4) is 11.3 Å². The Kier molecular flexibility index (Phi) is 3.97. The van der Waals surface area contributed by atoms with Gasteiger partial charge in [0.1, 0.15) is 11.5 Å². The Balaban J connectivity index is 1.95. The first-order valence-electron chi connectivity index (χ1n) is 6.60. The first-order valence-corrected chi connectivity index (χ1v) is 8.21. The molecule has 0 bridgehead atoms. The van der Waals surface area contributed by atoms with Gasteiger partial charge in [-0.1, -0.05) is 15.9 Å². The Hall–Kier alpha value is -1.79. The Labute approximate surface area is 140 Å². The second-order valence-electron chi connectivity index (χ2n) is 5.01. The number of amides is 1. The molecule has 0 radical (unpaired) electrons. The van der Waals surface area contributed by atoms with Crippen molar-refractivity contribution in [1.29, 1.82) is 5.41 Å². The number of furan rings is 1. The number of halogens is 1. The van der Waals surface area contributed by atoms with Crippen molar-refractivity contribution < 1.29 is 9.21 Å². The van der Waals surface area contributed by atoms with Crippen LogP contribution in [0.5, 0.6) is 0 Å². The molecule has 0 unspecified atom stereocenters. The van der Waals surface area contributed by atoms with Crippen LogP contribution in [0.4, 0.5) is 0 Å². The number of thioether (sulfide) groups is 1. The quantitative estimate of drug-likeness (QED) is 0.760. The molecule has 1 aromatic heterocycles. The highest BCUT2D eigenvalue weighted by molar-refractivity contribution is 9.10. The van der Waals surface area contributed by atoms with Crippen LogP contribution < -0.4 is 5.32 Å². The molecule has 22 heavy (non-hydrogen) atoms. The predicted octanol–water partition coefficient (Wildman–Crippen LogP) is 4.46. The highest BCUT2D eigenvalue weighted by Gasteiger charge is 2.22. The first kappa shape index (κ1) is 15.1. The molecule has 3 rings (SSSR count). The average molecular weight is 377 g/mol. The van der Waals surface area contributed by atoms with Crippen molar-refractivity contribution in [1.82, 2.24) is 5.32 Å². The van der Waals surface area contributed by atoms with Crippen LogP contribution in [0.2, 0.25) is 0 Å². The molecule has 1 fully saturated rings. The summed E-state index contributed by atoms with van der Waals surface area (Å²) in [7, 11) is 0. The van der Waals surface area contributed by atoms with Gasteiger partial charge in [0.25, 0.3) is 5.91 Å². The van der Waals surface area contributed by atoms with Crippen LogP contribution in [0, 0.1) is 19.3 Å². The molecule has 2 aromatic rings. The Bertz CT molecular complexity index is 824. The molecule has 0 aliphatic carbocycles. The second-order valence-corrected chi connectivity index (χ2v) is 6.92. The number of nitrogens with one attached hydrogen (secondary N) is 2. The minimum absolute atomic E-state index is 0.139. The number of aryl methyl sites for hydroxylation is 2. The molecule has 2 N–H and O–H groups in total.